The molecule has 1 aliphatic heterocycles. The van der Waals surface area contributed by atoms with Crippen molar-refractivity contribution in [1.29, 1.82) is 0 Å². The van der Waals surface area contributed by atoms with Crippen LogP contribution in [0.1, 0.15) is 19.5 Å². The molecule has 3 rings (SSSR count). The molecule has 1 aromatic heterocycles. The number of nitrogens with zero attached hydrogens (tertiary/aromatic N) is 3. The number of sulfonamides is 1. The highest BCUT2D eigenvalue weighted by Gasteiger charge is 2.36. The summed E-state index contributed by atoms with van der Waals surface area (Å²) < 4.78 is 24.7. The summed E-state index contributed by atoms with van der Waals surface area (Å²) in [4.78, 5) is 16.1. The number of hydrogen-bond acceptors (Lipinski definition) is 4. The van der Waals surface area contributed by atoms with E-state index in [1.54, 1.807) is 23.1 Å². The van der Waals surface area contributed by atoms with Gasteiger partial charge in [-0.25, -0.2) is 13.6 Å². The summed E-state index contributed by atoms with van der Waals surface area (Å²) in [5.74, 6) is -0.123. The van der Waals surface area contributed by atoms with E-state index >= 15 is 0 Å². The molecule has 0 aliphatic carbocycles. The Hall–Kier alpha value is -2.49. The van der Waals surface area contributed by atoms with Crippen molar-refractivity contribution in [3.05, 3.63) is 54.0 Å². The van der Waals surface area contributed by atoms with E-state index in [1.807, 2.05) is 41.6 Å². The predicted molar refractivity (Wildman–Crippen MR) is 107 cm³/mol. The van der Waals surface area contributed by atoms with Crippen molar-refractivity contribution in [3.63, 3.8) is 0 Å². The van der Waals surface area contributed by atoms with E-state index < -0.39 is 10.0 Å². The number of likely N-dealkylation sites (N-methyl/N-ethyl adjacent to an activating group) is 2. The minimum Gasteiger partial charge on any atom is -0.317 e. The Morgan fingerprint density at radius 1 is 1.07 bits per heavy atom. The van der Waals surface area contributed by atoms with Crippen LogP contribution in [0.3, 0.4) is 0 Å². The molecule has 0 radical (unpaired) electrons. The third-order valence-corrected chi connectivity index (χ3v) is 5.73. The molecule has 0 spiro atoms. The molecule has 0 saturated carbocycles. The maximum atomic E-state index is 12.7. The Labute approximate surface area is 163 Å². The fraction of sp³-hybridized carbons (Fsp3) is 0.222. The Kier molecular flexibility index (Phi) is 5.18. The van der Waals surface area contributed by atoms with Crippen molar-refractivity contribution in [2.45, 2.75) is 18.7 Å². The lowest BCUT2D eigenvalue weighted by atomic mass is 10.2. The van der Waals surface area contributed by atoms with Crippen molar-refractivity contribution in [2.24, 2.45) is 5.14 Å². The number of aromatic nitrogens is 1. The monoisotopic (exact) mass is 404 g/mol. The van der Waals surface area contributed by atoms with Crippen LogP contribution in [0.4, 0.5) is 0 Å². The van der Waals surface area contributed by atoms with Crippen LogP contribution in [-0.2, 0) is 14.8 Å². The Morgan fingerprint density at radius 2 is 1.70 bits per heavy atom. The largest absolute Gasteiger partial charge is 0.317 e. The molecule has 0 unspecified atom stereocenters. The zero-order chi connectivity index (χ0) is 19.8. The molecule has 1 fully saturated rings. The lowest BCUT2D eigenvalue weighted by Gasteiger charge is -2.17. The number of hydrogen-bond donors (Lipinski definition) is 1. The molecule has 0 atom stereocenters. The molecule has 1 amide bonds. The van der Waals surface area contributed by atoms with Gasteiger partial charge in [-0.05, 0) is 68.5 Å². The smallest absolute Gasteiger partial charge is 0.276 e. The predicted octanol–water partition coefficient (Wildman–Crippen LogP) is 1.93. The van der Waals surface area contributed by atoms with Gasteiger partial charge in [-0.2, -0.15) is 0 Å². The van der Waals surface area contributed by atoms with Crippen LogP contribution >= 0.6 is 12.2 Å². The van der Waals surface area contributed by atoms with E-state index in [9.17, 15) is 13.2 Å². The number of carbonyl (C=O) groups excluding carboxylic acids is 1. The van der Waals surface area contributed by atoms with Crippen LogP contribution in [0.2, 0.25) is 0 Å². The summed E-state index contributed by atoms with van der Waals surface area (Å²) in [5, 5.41) is 5.65. The number of benzene rings is 1. The van der Waals surface area contributed by atoms with Crippen molar-refractivity contribution in [2.75, 3.05) is 13.1 Å². The molecule has 7 nitrogen and oxygen atoms in total. The van der Waals surface area contributed by atoms with Crippen molar-refractivity contribution < 1.29 is 13.2 Å². The number of thiocarbonyl (C=S) groups is 1. The molecule has 1 aliphatic rings. The molecule has 1 aromatic carbocycles. The summed E-state index contributed by atoms with van der Waals surface area (Å²) in [6.07, 6.45) is 3.63. The first kappa shape index (κ1) is 19.3. The lowest BCUT2D eigenvalue weighted by Crippen LogP contribution is -2.32. The Morgan fingerprint density at radius 3 is 2.26 bits per heavy atom. The van der Waals surface area contributed by atoms with Gasteiger partial charge in [0.25, 0.3) is 5.91 Å². The second-order valence-corrected chi connectivity index (χ2v) is 7.87. The van der Waals surface area contributed by atoms with Gasteiger partial charge in [-0.1, -0.05) is 0 Å². The van der Waals surface area contributed by atoms with Gasteiger partial charge in [0.2, 0.25) is 10.0 Å². The highest BCUT2D eigenvalue weighted by molar-refractivity contribution is 7.89. The van der Waals surface area contributed by atoms with E-state index in [1.165, 1.54) is 12.1 Å². The van der Waals surface area contributed by atoms with E-state index in [0.717, 1.165) is 11.4 Å². The van der Waals surface area contributed by atoms with Gasteiger partial charge in [0.1, 0.15) is 5.70 Å². The zero-order valence-corrected chi connectivity index (χ0v) is 16.6. The standard InChI is InChI=1S/C18H20N4O3S2/c1-3-20-16(17(23)21(4-2)18(20)26)12-14-6-5-11-22(14)13-7-9-15(10-8-13)27(19,24)25/h5-12H,3-4H2,1-2H3,(H2,19,24,25)/b16-12+. The quantitative estimate of drug-likeness (QED) is 0.608. The van der Waals surface area contributed by atoms with Gasteiger partial charge >= 0.3 is 0 Å². The minimum atomic E-state index is -3.74. The van der Waals surface area contributed by atoms with E-state index in [0.29, 0.717) is 23.9 Å². The van der Waals surface area contributed by atoms with Crippen LogP contribution in [0.15, 0.2) is 53.2 Å². The molecule has 27 heavy (non-hydrogen) atoms. The van der Waals surface area contributed by atoms with Gasteiger partial charge in [0.05, 0.1) is 4.90 Å². The molecule has 1 saturated heterocycles. The lowest BCUT2D eigenvalue weighted by molar-refractivity contribution is -0.122. The normalized spacial score (nSPS) is 16.6. The first-order chi connectivity index (χ1) is 12.8. The highest BCUT2D eigenvalue weighted by Crippen LogP contribution is 2.25. The molecule has 0 bridgehead atoms. The maximum Gasteiger partial charge on any atom is 0.276 e. The molecule has 2 N–H and O–H groups in total. The number of nitrogens with two attached hydrogens (primary N) is 1. The number of rotatable bonds is 5. The van der Waals surface area contributed by atoms with Crippen molar-refractivity contribution >= 4 is 39.3 Å². The Bertz CT molecular complexity index is 1020. The van der Waals surface area contributed by atoms with E-state index in [-0.39, 0.29) is 10.8 Å². The third-order valence-electron chi connectivity index (χ3n) is 4.36. The number of primary sulfonamides is 1. The summed E-state index contributed by atoms with van der Waals surface area (Å²) in [7, 11) is -3.74. The van der Waals surface area contributed by atoms with Crippen LogP contribution < -0.4 is 5.14 Å². The average molecular weight is 405 g/mol. The fourth-order valence-electron chi connectivity index (χ4n) is 3.00. The molecule has 9 heteroatoms. The van der Waals surface area contributed by atoms with Crippen molar-refractivity contribution in [1.82, 2.24) is 14.4 Å². The molecule has 142 valence electrons. The van der Waals surface area contributed by atoms with Crippen molar-refractivity contribution in [3.8, 4) is 5.69 Å². The van der Waals surface area contributed by atoms with Gasteiger partial charge in [0, 0.05) is 30.7 Å². The molecule has 2 aromatic rings. The third kappa shape index (κ3) is 3.53. The van der Waals surface area contributed by atoms with E-state index in [2.05, 4.69) is 0 Å². The van der Waals surface area contributed by atoms with E-state index in [4.69, 9.17) is 17.4 Å². The Balaban J connectivity index is 2.01. The van der Waals surface area contributed by atoms with Gasteiger partial charge in [-0.3, -0.25) is 9.69 Å². The highest BCUT2D eigenvalue weighted by atomic mass is 32.2. The summed E-state index contributed by atoms with van der Waals surface area (Å²) >= 11 is 5.40. The van der Waals surface area contributed by atoms with Crippen LogP contribution in [0.25, 0.3) is 11.8 Å². The summed E-state index contributed by atoms with van der Waals surface area (Å²) in [6, 6.07) is 9.96. The fourth-order valence-corrected chi connectivity index (χ4v) is 3.95. The van der Waals surface area contributed by atoms with Crippen LogP contribution in [0, 0.1) is 0 Å². The summed E-state index contributed by atoms with van der Waals surface area (Å²) in [6.45, 7) is 4.94. The van der Waals surface area contributed by atoms with Gasteiger partial charge in [0.15, 0.2) is 5.11 Å². The second kappa shape index (κ2) is 7.26. The first-order valence-electron chi connectivity index (χ1n) is 8.43. The number of carbonyl (C=O) groups is 1. The van der Waals surface area contributed by atoms with Crippen LogP contribution in [-0.4, -0.2) is 46.9 Å². The summed E-state index contributed by atoms with van der Waals surface area (Å²) in [5.41, 5.74) is 2.05. The second-order valence-electron chi connectivity index (χ2n) is 5.95. The molecule has 2 heterocycles. The van der Waals surface area contributed by atoms with Gasteiger partial charge < -0.3 is 9.47 Å². The number of amides is 1. The SMILES string of the molecule is CCN1C(=O)/C(=C\c2cccn2-c2ccc(S(N)(=O)=O)cc2)N(CC)C1=S. The molecular weight excluding hydrogens is 384 g/mol. The maximum absolute atomic E-state index is 12.7. The molecular formula is C18H20N4O3S2. The average Bonchev–Trinajstić information content (AvgIpc) is 3.17. The van der Waals surface area contributed by atoms with Crippen LogP contribution in [0.5, 0.6) is 0 Å². The van der Waals surface area contributed by atoms with Gasteiger partial charge in [-0.15, -0.1) is 0 Å². The topological polar surface area (TPSA) is 88.6 Å². The first-order valence-corrected chi connectivity index (χ1v) is 10.4. The zero-order valence-electron chi connectivity index (χ0n) is 15.0. The minimum absolute atomic E-state index is 0.0466.